The van der Waals surface area contributed by atoms with Crippen molar-refractivity contribution >= 4 is 22.8 Å². The Morgan fingerprint density at radius 1 is 1.00 bits per heavy atom. The molecule has 3 aromatic carbocycles. The molecule has 0 bridgehead atoms. The number of imidazole rings is 1. The lowest BCUT2D eigenvalue weighted by atomic mass is 9.95. The molecule has 176 valence electrons. The molecule has 2 amide bonds. The lowest BCUT2D eigenvalue weighted by Gasteiger charge is -2.14. The number of fused-ring (bicyclic) bond motifs is 4. The van der Waals surface area contributed by atoms with Crippen LogP contribution in [0, 0.1) is 0 Å². The molecular formula is C28H27N5O2. The van der Waals surface area contributed by atoms with E-state index in [1.807, 2.05) is 60.7 Å². The first kappa shape index (κ1) is 21.6. The number of likely N-dealkylation sites (tertiary alicyclic amines) is 1. The fraction of sp³-hybridized carbons (Fsp3) is 0.250. The Kier molecular flexibility index (Phi) is 5.34. The quantitative estimate of drug-likeness (QED) is 0.404. The van der Waals surface area contributed by atoms with Crippen LogP contribution in [0.3, 0.4) is 0 Å². The number of nitrogens with one attached hydrogen (secondary N) is 2. The molecule has 2 heterocycles. The Hall–Kier alpha value is -3.97. The highest BCUT2D eigenvalue weighted by atomic mass is 16.2. The zero-order valence-corrected chi connectivity index (χ0v) is 19.4. The van der Waals surface area contributed by atoms with Crippen LogP contribution in [0.25, 0.3) is 33.5 Å². The van der Waals surface area contributed by atoms with Gasteiger partial charge in [0.1, 0.15) is 5.82 Å². The van der Waals surface area contributed by atoms with Gasteiger partial charge in [-0.05, 0) is 66.4 Å². The average Bonchev–Trinajstić information content (AvgIpc) is 3.60. The summed E-state index contributed by atoms with van der Waals surface area (Å²) in [6, 6.07) is 19.3. The molecule has 1 aromatic heterocycles. The van der Waals surface area contributed by atoms with Gasteiger partial charge in [0.2, 0.25) is 5.91 Å². The van der Waals surface area contributed by atoms with E-state index in [0.29, 0.717) is 17.9 Å². The van der Waals surface area contributed by atoms with Gasteiger partial charge in [0.15, 0.2) is 0 Å². The molecule has 0 spiro atoms. The zero-order chi connectivity index (χ0) is 23.9. The van der Waals surface area contributed by atoms with E-state index in [9.17, 15) is 9.59 Å². The van der Waals surface area contributed by atoms with E-state index >= 15 is 0 Å². The Bertz CT molecular complexity index is 1450. The topological polar surface area (TPSA) is 104 Å². The van der Waals surface area contributed by atoms with Crippen LogP contribution in [0.1, 0.15) is 40.2 Å². The number of nitrogens with two attached hydrogens (primary N) is 1. The summed E-state index contributed by atoms with van der Waals surface area (Å²) in [6.07, 6.45) is 2.48. The third kappa shape index (κ3) is 3.78. The summed E-state index contributed by atoms with van der Waals surface area (Å²) < 4.78 is 0. The number of carbonyl (C=O) groups is 2. The summed E-state index contributed by atoms with van der Waals surface area (Å²) in [5.74, 6) is -0.218. The third-order valence-electron chi connectivity index (χ3n) is 7.14. The number of nitrogens with zero attached hydrogens (tertiary/aromatic N) is 2. The highest BCUT2D eigenvalue weighted by Crippen LogP contribution is 2.48. The smallest absolute Gasteiger partial charge is 0.251 e. The van der Waals surface area contributed by atoms with Crippen LogP contribution in [0.2, 0.25) is 0 Å². The standard InChI is InChI=1S/C28H27N5O2/c29-26(34)25-19-7-2-1-6-18(19)24-20(25)8-5-9-21(24)27-31-22-11-10-17(16-23(22)32-27)28(35)30-12-15-33-13-3-4-14-33/h1-2,5-11,16,25H,3-4,12-15H2,(H2,29,34)(H,30,35)(H,31,32)/t25-/m1/s1. The van der Waals surface area contributed by atoms with Crippen molar-refractivity contribution in [3.63, 3.8) is 0 Å². The number of carbonyl (C=O) groups excluding carboxylic acids is 2. The van der Waals surface area contributed by atoms with Crippen LogP contribution in [-0.4, -0.2) is 52.9 Å². The van der Waals surface area contributed by atoms with Gasteiger partial charge in [0.05, 0.1) is 17.0 Å². The maximum atomic E-state index is 12.7. The average molecular weight is 466 g/mol. The number of aromatic amines is 1. The summed E-state index contributed by atoms with van der Waals surface area (Å²) in [5, 5.41) is 3.03. The van der Waals surface area contributed by atoms with Crippen molar-refractivity contribution in [1.29, 1.82) is 0 Å². The second-order valence-corrected chi connectivity index (χ2v) is 9.31. The van der Waals surface area contributed by atoms with Crippen LogP contribution in [0.15, 0.2) is 60.7 Å². The van der Waals surface area contributed by atoms with E-state index in [4.69, 9.17) is 10.7 Å². The molecule has 0 saturated carbocycles. The summed E-state index contributed by atoms with van der Waals surface area (Å²) in [5.41, 5.74) is 12.7. The molecule has 1 aliphatic carbocycles. The van der Waals surface area contributed by atoms with Gasteiger partial charge >= 0.3 is 0 Å². The fourth-order valence-corrected chi connectivity index (χ4v) is 5.47. The van der Waals surface area contributed by atoms with Gasteiger partial charge in [-0.25, -0.2) is 4.98 Å². The summed E-state index contributed by atoms with van der Waals surface area (Å²) in [7, 11) is 0. The molecule has 6 rings (SSSR count). The van der Waals surface area contributed by atoms with Crippen molar-refractivity contribution in [2.75, 3.05) is 26.2 Å². The van der Waals surface area contributed by atoms with E-state index < -0.39 is 5.92 Å². The SMILES string of the molecule is NC(=O)[C@@H]1c2ccccc2-c2c(-c3nc4ccc(C(=O)NCCN5CCCC5)cc4[nH]3)cccc21. The normalized spacial score (nSPS) is 16.9. The van der Waals surface area contributed by atoms with Gasteiger partial charge in [0.25, 0.3) is 5.91 Å². The number of hydrogen-bond acceptors (Lipinski definition) is 4. The molecule has 1 fully saturated rings. The largest absolute Gasteiger partial charge is 0.369 e. The van der Waals surface area contributed by atoms with Gasteiger partial charge in [0, 0.05) is 24.2 Å². The lowest BCUT2D eigenvalue weighted by molar-refractivity contribution is -0.118. The zero-order valence-electron chi connectivity index (χ0n) is 19.4. The fourth-order valence-electron chi connectivity index (χ4n) is 5.47. The van der Waals surface area contributed by atoms with E-state index in [0.717, 1.165) is 58.5 Å². The number of aromatic nitrogens is 2. The van der Waals surface area contributed by atoms with Crippen LogP contribution in [0.5, 0.6) is 0 Å². The van der Waals surface area contributed by atoms with Gasteiger partial charge in [-0.1, -0.05) is 42.5 Å². The van der Waals surface area contributed by atoms with Crippen molar-refractivity contribution in [1.82, 2.24) is 20.2 Å². The summed E-state index contributed by atoms with van der Waals surface area (Å²) in [6.45, 7) is 3.76. The minimum absolute atomic E-state index is 0.0823. The molecule has 7 heteroatoms. The lowest BCUT2D eigenvalue weighted by Crippen LogP contribution is -2.33. The van der Waals surface area contributed by atoms with Crippen LogP contribution in [-0.2, 0) is 4.79 Å². The first-order valence-corrected chi connectivity index (χ1v) is 12.1. The van der Waals surface area contributed by atoms with Crippen molar-refractivity contribution in [2.24, 2.45) is 5.73 Å². The molecule has 4 N–H and O–H groups in total. The van der Waals surface area contributed by atoms with Gasteiger partial charge in [-0.3, -0.25) is 9.59 Å². The third-order valence-corrected chi connectivity index (χ3v) is 7.14. The Balaban J connectivity index is 1.31. The molecule has 2 aliphatic rings. The number of H-pyrrole nitrogens is 1. The Labute approximate surface area is 203 Å². The molecule has 1 saturated heterocycles. The van der Waals surface area contributed by atoms with Gasteiger partial charge < -0.3 is 20.9 Å². The van der Waals surface area contributed by atoms with Gasteiger partial charge in [-0.2, -0.15) is 0 Å². The molecule has 4 aromatic rings. The summed E-state index contributed by atoms with van der Waals surface area (Å²) >= 11 is 0. The number of benzene rings is 3. The number of rotatable bonds is 6. The monoisotopic (exact) mass is 465 g/mol. The van der Waals surface area contributed by atoms with Crippen molar-refractivity contribution < 1.29 is 9.59 Å². The van der Waals surface area contributed by atoms with Gasteiger partial charge in [-0.15, -0.1) is 0 Å². The maximum Gasteiger partial charge on any atom is 0.251 e. The molecular weight excluding hydrogens is 438 g/mol. The van der Waals surface area contributed by atoms with Crippen LogP contribution in [0.4, 0.5) is 0 Å². The van der Waals surface area contributed by atoms with E-state index in [1.165, 1.54) is 12.8 Å². The first-order valence-electron chi connectivity index (χ1n) is 12.1. The molecule has 1 atom stereocenters. The Morgan fingerprint density at radius 2 is 1.77 bits per heavy atom. The molecule has 1 aliphatic heterocycles. The van der Waals surface area contributed by atoms with E-state index in [-0.39, 0.29) is 11.8 Å². The van der Waals surface area contributed by atoms with E-state index in [2.05, 4.69) is 15.2 Å². The Morgan fingerprint density at radius 3 is 2.60 bits per heavy atom. The first-order chi connectivity index (χ1) is 17.1. The minimum atomic E-state index is -0.471. The number of hydrogen-bond donors (Lipinski definition) is 3. The van der Waals surface area contributed by atoms with E-state index in [1.54, 1.807) is 0 Å². The number of primary amides is 1. The molecule has 35 heavy (non-hydrogen) atoms. The molecule has 0 radical (unpaired) electrons. The van der Waals surface area contributed by atoms with Crippen molar-refractivity contribution in [3.05, 3.63) is 77.4 Å². The second kappa shape index (κ2) is 8.67. The van der Waals surface area contributed by atoms with Crippen molar-refractivity contribution in [2.45, 2.75) is 18.8 Å². The maximum absolute atomic E-state index is 12.7. The molecule has 7 nitrogen and oxygen atoms in total. The number of amides is 2. The minimum Gasteiger partial charge on any atom is -0.369 e. The summed E-state index contributed by atoms with van der Waals surface area (Å²) in [4.78, 5) is 35.6. The van der Waals surface area contributed by atoms with Crippen molar-refractivity contribution in [3.8, 4) is 22.5 Å². The van der Waals surface area contributed by atoms with Crippen LogP contribution >= 0.6 is 0 Å². The second-order valence-electron chi connectivity index (χ2n) is 9.31. The predicted octanol–water partition coefficient (Wildman–Crippen LogP) is 3.65. The highest BCUT2D eigenvalue weighted by molar-refractivity contribution is 6.01. The highest BCUT2D eigenvalue weighted by Gasteiger charge is 2.34. The molecule has 0 unspecified atom stereocenters. The predicted molar refractivity (Wildman–Crippen MR) is 136 cm³/mol. The van der Waals surface area contributed by atoms with Crippen LogP contribution < -0.4 is 11.1 Å².